The molecule has 16 heavy (non-hydrogen) atoms. The van der Waals surface area contributed by atoms with E-state index in [1.54, 1.807) is 0 Å². The number of hydrogen-bond donors (Lipinski definition) is 2. The summed E-state index contributed by atoms with van der Waals surface area (Å²) in [6.45, 7) is 2.56. The number of ether oxygens (including phenoxy) is 1. The topological polar surface area (TPSA) is 76.7 Å². The molecule has 0 unspecified atom stereocenters. The van der Waals surface area contributed by atoms with Gasteiger partial charge < -0.3 is 10.5 Å². The van der Waals surface area contributed by atoms with Gasteiger partial charge in [0.05, 0.1) is 0 Å². The summed E-state index contributed by atoms with van der Waals surface area (Å²) in [5.41, 5.74) is 6.31. The van der Waals surface area contributed by atoms with Gasteiger partial charge >= 0.3 is 6.09 Å². The third-order valence-corrected chi connectivity index (χ3v) is 1.77. The lowest BCUT2D eigenvalue weighted by Crippen LogP contribution is -2.37. The van der Waals surface area contributed by atoms with Gasteiger partial charge in [0, 0.05) is 6.54 Å². The minimum Gasteiger partial charge on any atom is -0.444 e. The van der Waals surface area contributed by atoms with Crippen molar-refractivity contribution in [3.05, 3.63) is 35.9 Å². The van der Waals surface area contributed by atoms with Gasteiger partial charge in [-0.1, -0.05) is 30.3 Å². The highest BCUT2D eigenvalue weighted by molar-refractivity contribution is 5.92. The van der Waals surface area contributed by atoms with Gasteiger partial charge in [-0.2, -0.15) is 0 Å². The third kappa shape index (κ3) is 4.45. The van der Waals surface area contributed by atoms with Crippen LogP contribution < -0.4 is 11.1 Å². The fourth-order valence-electron chi connectivity index (χ4n) is 1.07. The van der Waals surface area contributed by atoms with Crippen LogP contribution in [0.4, 0.5) is 4.79 Å². The maximum absolute atomic E-state index is 11.2. The van der Waals surface area contributed by atoms with E-state index in [4.69, 9.17) is 10.5 Å². The number of hydrogen-bond acceptors (Lipinski definition) is 3. The highest BCUT2D eigenvalue weighted by atomic mass is 16.5. The standard InChI is InChI=1S/C11H15N3O2/c1-2-13-10(12)14-11(15)16-8-9-6-4-3-5-7-9/h3-7H,2,8H2,1H3,(H3,12,13,14,15). The maximum atomic E-state index is 11.2. The molecule has 0 aromatic heterocycles. The SMILES string of the molecule is CCN=C(N)NC(=O)OCc1ccccc1. The van der Waals surface area contributed by atoms with Gasteiger partial charge in [-0.15, -0.1) is 0 Å². The Labute approximate surface area is 94.3 Å². The molecule has 0 saturated heterocycles. The molecule has 0 spiro atoms. The van der Waals surface area contributed by atoms with Crippen LogP contribution in [0, 0.1) is 0 Å². The maximum Gasteiger partial charge on any atom is 0.414 e. The molecule has 0 aliphatic carbocycles. The lowest BCUT2D eigenvalue weighted by Gasteiger charge is -2.05. The van der Waals surface area contributed by atoms with Gasteiger partial charge in [-0.3, -0.25) is 10.3 Å². The second-order valence-electron chi connectivity index (χ2n) is 3.05. The molecule has 1 aromatic carbocycles. The van der Waals surface area contributed by atoms with Crippen LogP contribution in [0.1, 0.15) is 12.5 Å². The van der Waals surface area contributed by atoms with Gasteiger partial charge in [0.25, 0.3) is 0 Å². The Kier molecular flexibility index (Phi) is 4.85. The van der Waals surface area contributed by atoms with Crippen LogP contribution in [0.15, 0.2) is 35.3 Å². The van der Waals surface area contributed by atoms with Crippen molar-refractivity contribution < 1.29 is 9.53 Å². The molecule has 1 rings (SSSR count). The first kappa shape index (κ1) is 12.0. The molecule has 5 heteroatoms. The highest BCUT2D eigenvalue weighted by Gasteiger charge is 2.03. The summed E-state index contributed by atoms with van der Waals surface area (Å²) >= 11 is 0. The van der Waals surface area contributed by atoms with E-state index in [9.17, 15) is 4.79 Å². The number of nitrogens with zero attached hydrogens (tertiary/aromatic N) is 1. The number of alkyl carbamates (subject to hydrolysis) is 1. The molecule has 0 fully saturated rings. The van der Waals surface area contributed by atoms with E-state index < -0.39 is 6.09 Å². The molecule has 0 aliphatic heterocycles. The lowest BCUT2D eigenvalue weighted by molar-refractivity contribution is 0.145. The fourth-order valence-corrected chi connectivity index (χ4v) is 1.07. The quantitative estimate of drug-likeness (QED) is 0.595. The summed E-state index contributed by atoms with van der Waals surface area (Å²) in [5, 5.41) is 2.32. The van der Waals surface area contributed by atoms with Crippen LogP contribution in [0.2, 0.25) is 0 Å². The van der Waals surface area contributed by atoms with Gasteiger partial charge in [0.1, 0.15) is 6.61 Å². The molecule has 1 aromatic rings. The van der Waals surface area contributed by atoms with E-state index in [1.165, 1.54) is 0 Å². The number of nitrogens with one attached hydrogen (secondary N) is 1. The van der Waals surface area contributed by atoms with Crippen LogP contribution >= 0.6 is 0 Å². The van der Waals surface area contributed by atoms with Crippen molar-refractivity contribution in [2.45, 2.75) is 13.5 Å². The first-order chi connectivity index (χ1) is 7.72. The molecule has 0 aliphatic rings. The molecule has 0 heterocycles. The number of carbonyl (C=O) groups excluding carboxylic acids is 1. The minimum atomic E-state index is -0.599. The first-order valence-corrected chi connectivity index (χ1v) is 5.00. The van der Waals surface area contributed by atoms with Crippen molar-refractivity contribution in [1.29, 1.82) is 0 Å². The van der Waals surface area contributed by atoms with E-state index in [0.29, 0.717) is 6.54 Å². The summed E-state index contributed by atoms with van der Waals surface area (Å²) in [5.74, 6) is 0.0700. The van der Waals surface area contributed by atoms with Crippen LogP contribution in [-0.4, -0.2) is 18.6 Å². The zero-order chi connectivity index (χ0) is 11.8. The number of rotatable bonds is 3. The van der Waals surface area contributed by atoms with Crippen molar-refractivity contribution in [3.63, 3.8) is 0 Å². The monoisotopic (exact) mass is 221 g/mol. The second-order valence-corrected chi connectivity index (χ2v) is 3.05. The van der Waals surface area contributed by atoms with Crippen LogP contribution in [-0.2, 0) is 11.3 Å². The lowest BCUT2D eigenvalue weighted by atomic mass is 10.2. The minimum absolute atomic E-state index is 0.0700. The Morgan fingerprint density at radius 3 is 2.75 bits per heavy atom. The summed E-state index contributed by atoms with van der Waals surface area (Å²) < 4.78 is 4.93. The van der Waals surface area contributed by atoms with Crippen molar-refractivity contribution >= 4 is 12.1 Å². The molecule has 0 saturated carbocycles. The first-order valence-electron chi connectivity index (χ1n) is 5.00. The Balaban J connectivity index is 2.33. The van der Waals surface area contributed by atoms with E-state index in [1.807, 2.05) is 37.3 Å². The van der Waals surface area contributed by atoms with Gasteiger partial charge in [-0.25, -0.2) is 4.79 Å². The summed E-state index contributed by atoms with van der Waals surface area (Å²) in [6.07, 6.45) is -0.599. The zero-order valence-electron chi connectivity index (χ0n) is 9.14. The number of amides is 1. The molecular weight excluding hydrogens is 206 g/mol. The van der Waals surface area contributed by atoms with Gasteiger partial charge in [0.15, 0.2) is 5.96 Å². The van der Waals surface area contributed by atoms with Gasteiger partial charge in [-0.05, 0) is 12.5 Å². The number of carbonyl (C=O) groups is 1. The van der Waals surface area contributed by atoms with Crippen molar-refractivity contribution in [3.8, 4) is 0 Å². The highest BCUT2D eigenvalue weighted by Crippen LogP contribution is 2.00. The molecule has 0 bridgehead atoms. The fraction of sp³-hybridized carbons (Fsp3) is 0.273. The van der Waals surface area contributed by atoms with E-state index in [-0.39, 0.29) is 12.6 Å². The van der Waals surface area contributed by atoms with E-state index in [0.717, 1.165) is 5.56 Å². The molecule has 0 radical (unpaired) electrons. The molecular formula is C11H15N3O2. The number of benzene rings is 1. The third-order valence-electron chi connectivity index (χ3n) is 1.77. The summed E-state index contributed by atoms with van der Waals surface area (Å²) in [4.78, 5) is 15.0. The predicted octanol–water partition coefficient (Wildman–Crippen LogP) is 1.25. The second kappa shape index (κ2) is 6.44. The molecule has 3 N–H and O–H groups in total. The zero-order valence-corrected chi connectivity index (χ0v) is 9.14. The van der Waals surface area contributed by atoms with Crippen LogP contribution in [0.25, 0.3) is 0 Å². The number of nitrogens with two attached hydrogens (primary N) is 1. The largest absolute Gasteiger partial charge is 0.444 e. The molecule has 1 amide bonds. The summed E-state index contributed by atoms with van der Waals surface area (Å²) in [6, 6.07) is 9.40. The normalized spacial score (nSPS) is 10.9. The molecule has 86 valence electrons. The predicted molar refractivity (Wildman–Crippen MR) is 61.9 cm³/mol. The van der Waals surface area contributed by atoms with Crippen molar-refractivity contribution in [2.24, 2.45) is 10.7 Å². The molecule has 5 nitrogen and oxygen atoms in total. The number of aliphatic imine (C=N–C) groups is 1. The van der Waals surface area contributed by atoms with Crippen molar-refractivity contribution in [2.75, 3.05) is 6.54 Å². The van der Waals surface area contributed by atoms with Crippen LogP contribution in [0.3, 0.4) is 0 Å². The van der Waals surface area contributed by atoms with Gasteiger partial charge in [0.2, 0.25) is 0 Å². The van der Waals surface area contributed by atoms with E-state index >= 15 is 0 Å². The van der Waals surface area contributed by atoms with Crippen molar-refractivity contribution in [1.82, 2.24) is 5.32 Å². The smallest absolute Gasteiger partial charge is 0.414 e. The Morgan fingerprint density at radius 2 is 2.12 bits per heavy atom. The average Bonchev–Trinajstić information content (AvgIpc) is 2.28. The summed E-state index contributed by atoms with van der Waals surface area (Å²) in [7, 11) is 0. The Morgan fingerprint density at radius 1 is 1.44 bits per heavy atom. The van der Waals surface area contributed by atoms with E-state index in [2.05, 4.69) is 10.3 Å². The number of guanidine groups is 1. The Hall–Kier alpha value is -2.04. The molecule has 0 atom stereocenters. The average molecular weight is 221 g/mol. The Bertz CT molecular complexity index is 363. The van der Waals surface area contributed by atoms with Crippen LogP contribution in [0.5, 0.6) is 0 Å².